The minimum atomic E-state index is -0.262. The van der Waals surface area contributed by atoms with E-state index in [4.69, 9.17) is 18.0 Å². The number of benzene rings is 1. The Morgan fingerprint density at radius 1 is 1.69 bits per heavy atom. The molecule has 0 heterocycles. The molecule has 0 radical (unpaired) electrons. The fourth-order valence-corrected chi connectivity index (χ4v) is 1.75. The molecule has 1 aromatic rings. The minimum Gasteiger partial charge on any atom is -0.338 e. The van der Waals surface area contributed by atoms with Crippen LogP contribution >= 0.6 is 27.5 Å². The summed E-state index contributed by atoms with van der Waals surface area (Å²) in [7, 11) is 0. The molecule has 0 saturated heterocycles. The van der Waals surface area contributed by atoms with Gasteiger partial charge in [0.25, 0.3) is 5.91 Å². The van der Waals surface area contributed by atoms with E-state index in [1.807, 2.05) is 6.92 Å². The normalized spacial score (nSPS) is 11.6. The van der Waals surface area contributed by atoms with Crippen molar-refractivity contribution in [3.05, 3.63) is 33.3 Å². The summed E-state index contributed by atoms with van der Waals surface area (Å²) in [5, 5.41) is 3.12. The Labute approximate surface area is 109 Å². The first-order valence-corrected chi connectivity index (χ1v) is 5.98. The second-order valence-electron chi connectivity index (χ2n) is 3.20. The average Bonchev–Trinajstić information content (AvgIpc) is 2.29. The van der Waals surface area contributed by atoms with Gasteiger partial charge in [-0.15, -0.1) is 6.42 Å². The Hall–Kier alpha value is -0.980. The van der Waals surface area contributed by atoms with Crippen LogP contribution in [0.15, 0.2) is 22.7 Å². The Balaban J connectivity index is 2.90. The van der Waals surface area contributed by atoms with Crippen molar-refractivity contribution in [3.63, 3.8) is 0 Å². The summed E-state index contributed by atoms with van der Waals surface area (Å²) in [5.41, 5.74) is 0.421. The first kappa shape index (κ1) is 13.1. The van der Waals surface area contributed by atoms with Crippen LogP contribution in [0.3, 0.4) is 0 Å². The van der Waals surface area contributed by atoms with Crippen molar-refractivity contribution < 1.29 is 4.79 Å². The van der Waals surface area contributed by atoms with E-state index >= 15 is 0 Å². The Bertz CT molecular complexity index is 439. The van der Waals surface area contributed by atoms with Crippen LogP contribution in [0.4, 0.5) is 0 Å². The number of terminal acetylenes is 1. The van der Waals surface area contributed by atoms with Gasteiger partial charge in [-0.1, -0.05) is 30.5 Å². The molecule has 4 heteroatoms. The summed E-state index contributed by atoms with van der Waals surface area (Å²) in [6.07, 6.45) is 5.96. The Kier molecular flexibility index (Phi) is 4.85. The number of carbonyl (C=O) groups excluding carboxylic acids is 1. The van der Waals surface area contributed by atoms with Gasteiger partial charge >= 0.3 is 0 Å². The van der Waals surface area contributed by atoms with Crippen molar-refractivity contribution in [2.75, 3.05) is 0 Å². The van der Waals surface area contributed by atoms with Crippen LogP contribution in [0.2, 0.25) is 5.02 Å². The van der Waals surface area contributed by atoms with Crippen molar-refractivity contribution in [2.24, 2.45) is 0 Å². The highest BCUT2D eigenvalue weighted by molar-refractivity contribution is 9.10. The zero-order valence-electron chi connectivity index (χ0n) is 8.76. The first-order valence-electron chi connectivity index (χ1n) is 4.81. The van der Waals surface area contributed by atoms with Gasteiger partial charge in [0, 0.05) is 4.47 Å². The number of amides is 1. The standard InChI is InChI=1S/C12H11BrClNO/c1-3-8(4-2)15-12(16)9-6-5-7-10(13)11(9)14/h1,5-8H,4H2,2H3,(H,15,16). The van der Waals surface area contributed by atoms with E-state index in [1.165, 1.54) is 0 Å². The number of hydrogen-bond acceptors (Lipinski definition) is 1. The van der Waals surface area contributed by atoms with Gasteiger partial charge in [0.05, 0.1) is 16.6 Å². The lowest BCUT2D eigenvalue weighted by molar-refractivity contribution is 0.0945. The molecule has 0 bridgehead atoms. The van der Waals surface area contributed by atoms with E-state index in [-0.39, 0.29) is 11.9 Å². The molecule has 1 amide bonds. The van der Waals surface area contributed by atoms with Crippen LogP contribution in [-0.4, -0.2) is 11.9 Å². The summed E-state index contributed by atoms with van der Waals surface area (Å²) in [6.45, 7) is 1.91. The van der Waals surface area contributed by atoms with Crippen LogP contribution in [0.25, 0.3) is 0 Å². The third-order valence-corrected chi connectivity index (χ3v) is 3.41. The minimum absolute atomic E-state index is 0.254. The molecule has 1 atom stereocenters. The van der Waals surface area contributed by atoms with E-state index in [0.717, 1.165) is 0 Å². The van der Waals surface area contributed by atoms with Gasteiger partial charge in [0.15, 0.2) is 0 Å². The number of hydrogen-bond donors (Lipinski definition) is 1. The topological polar surface area (TPSA) is 29.1 Å². The lowest BCUT2D eigenvalue weighted by Gasteiger charge is -2.11. The summed E-state index contributed by atoms with van der Waals surface area (Å²) in [6, 6.07) is 4.92. The fourth-order valence-electron chi connectivity index (χ4n) is 1.18. The summed E-state index contributed by atoms with van der Waals surface area (Å²) in [5.74, 6) is 2.25. The molecule has 0 aliphatic heterocycles. The summed E-state index contributed by atoms with van der Waals surface area (Å²) in [4.78, 5) is 11.8. The lowest BCUT2D eigenvalue weighted by Crippen LogP contribution is -2.33. The molecule has 84 valence electrons. The molecule has 0 spiro atoms. The molecule has 0 aliphatic rings. The molecule has 1 aromatic carbocycles. The second-order valence-corrected chi connectivity index (χ2v) is 4.43. The van der Waals surface area contributed by atoms with Crippen LogP contribution in [0, 0.1) is 12.3 Å². The van der Waals surface area contributed by atoms with Crippen molar-refractivity contribution in [1.82, 2.24) is 5.32 Å². The quantitative estimate of drug-likeness (QED) is 0.853. The maximum Gasteiger partial charge on any atom is 0.253 e. The molecule has 2 nitrogen and oxygen atoms in total. The van der Waals surface area contributed by atoms with Crippen molar-refractivity contribution in [1.29, 1.82) is 0 Å². The Morgan fingerprint density at radius 2 is 2.38 bits per heavy atom. The molecular weight excluding hydrogens is 289 g/mol. The molecule has 0 fully saturated rings. The molecule has 1 unspecified atom stereocenters. The third kappa shape index (κ3) is 3.01. The van der Waals surface area contributed by atoms with Gasteiger partial charge in [-0.25, -0.2) is 0 Å². The monoisotopic (exact) mass is 299 g/mol. The van der Waals surface area contributed by atoms with Crippen LogP contribution < -0.4 is 5.32 Å². The zero-order valence-corrected chi connectivity index (χ0v) is 11.1. The molecule has 0 aliphatic carbocycles. The average molecular weight is 301 g/mol. The number of carbonyl (C=O) groups is 1. The molecule has 0 saturated carbocycles. The van der Waals surface area contributed by atoms with Gasteiger partial charge in [-0.2, -0.15) is 0 Å². The van der Waals surface area contributed by atoms with Gasteiger partial charge in [-0.3, -0.25) is 4.79 Å². The molecular formula is C12H11BrClNO. The predicted molar refractivity (Wildman–Crippen MR) is 69.5 cm³/mol. The van der Waals surface area contributed by atoms with Crippen LogP contribution in [0.5, 0.6) is 0 Å². The van der Waals surface area contributed by atoms with E-state index in [9.17, 15) is 4.79 Å². The molecule has 1 rings (SSSR count). The second kappa shape index (κ2) is 5.93. The third-order valence-electron chi connectivity index (χ3n) is 2.11. The van der Waals surface area contributed by atoms with E-state index in [0.29, 0.717) is 21.5 Å². The maximum absolute atomic E-state index is 11.8. The van der Waals surface area contributed by atoms with Crippen molar-refractivity contribution in [2.45, 2.75) is 19.4 Å². The van der Waals surface area contributed by atoms with Gasteiger partial charge in [0.1, 0.15) is 0 Å². The maximum atomic E-state index is 11.8. The highest BCUT2D eigenvalue weighted by atomic mass is 79.9. The van der Waals surface area contributed by atoms with E-state index < -0.39 is 0 Å². The van der Waals surface area contributed by atoms with E-state index in [2.05, 4.69) is 27.2 Å². The summed E-state index contributed by atoms with van der Waals surface area (Å²) >= 11 is 9.26. The summed E-state index contributed by atoms with van der Waals surface area (Å²) < 4.78 is 0.690. The van der Waals surface area contributed by atoms with Gasteiger partial charge in [0.2, 0.25) is 0 Å². The van der Waals surface area contributed by atoms with E-state index in [1.54, 1.807) is 18.2 Å². The largest absolute Gasteiger partial charge is 0.338 e. The van der Waals surface area contributed by atoms with Crippen molar-refractivity contribution >= 4 is 33.4 Å². The van der Waals surface area contributed by atoms with Crippen LogP contribution in [0.1, 0.15) is 23.7 Å². The zero-order chi connectivity index (χ0) is 12.1. The first-order chi connectivity index (χ1) is 7.60. The number of rotatable bonds is 3. The van der Waals surface area contributed by atoms with Crippen LogP contribution in [-0.2, 0) is 0 Å². The smallest absolute Gasteiger partial charge is 0.253 e. The highest BCUT2D eigenvalue weighted by Gasteiger charge is 2.14. The van der Waals surface area contributed by atoms with Crippen molar-refractivity contribution in [3.8, 4) is 12.3 Å². The molecule has 16 heavy (non-hydrogen) atoms. The SMILES string of the molecule is C#CC(CC)NC(=O)c1cccc(Br)c1Cl. The van der Waals surface area contributed by atoms with Gasteiger partial charge in [-0.05, 0) is 34.5 Å². The fraction of sp³-hybridized carbons (Fsp3) is 0.250. The molecule has 0 aromatic heterocycles. The number of nitrogens with one attached hydrogen (secondary N) is 1. The lowest BCUT2D eigenvalue weighted by atomic mass is 10.2. The molecule has 1 N–H and O–H groups in total. The Morgan fingerprint density at radius 3 is 2.94 bits per heavy atom. The number of halogens is 2. The predicted octanol–water partition coefficient (Wildman–Crippen LogP) is 3.24. The van der Waals surface area contributed by atoms with Gasteiger partial charge < -0.3 is 5.32 Å². The highest BCUT2D eigenvalue weighted by Crippen LogP contribution is 2.25.